The van der Waals surface area contributed by atoms with Gasteiger partial charge in [0.05, 0.1) is 19.2 Å². The number of carbonyl (C=O) groups excluding carboxylic acids is 2. The van der Waals surface area contributed by atoms with Crippen molar-refractivity contribution >= 4 is 11.8 Å². The number of amides is 2. The Bertz CT molecular complexity index is 801. The van der Waals surface area contributed by atoms with Gasteiger partial charge in [0, 0.05) is 44.2 Å². The summed E-state index contributed by atoms with van der Waals surface area (Å²) in [7, 11) is 0. The van der Waals surface area contributed by atoms with Crippen LogP contribution in [0.3, 0.4) is 0 Å². The second kappa shape index (κ2) is 8.19. The number of aliphatic hydroxyl groups is 1. The number of rotatable bonds is 3. The third kappa shape index (κ3) is 3.58. The quantitative estimate of drug-likeness (QED) is 0.804. The van der Waals surface area contributed by atoms with Gasteiger partial charge in [-0.1, -0.05) is 18.2 Å². The maximum absolute atomic E-state index is 13.2. The minimum absolute atomic E-state index is 0.0120. The van der Waals surface area contributed by atoms with Crippen LogP contribution in [0.5, 0.6) is 5.75 Å². The van der Waals surface area contributed by atoms with E-state index in [1.807, 2.05) is 28.0 Å². The fourth-order valence-electron chi connectivity index (χ4n) is 6.02. The van der Waals surface area contributed by atoms with Crippen molar-refractivity contribution in [2.45, 2.75) is 44.3 Å². The lowest BCUT2D eigenvalue weighted by atomic mass is 9.72. The van der Waals surface area contributed by atoms with E-state index in [9.17, 15) is 14.7 Å². The minimum atomic E-state index is -0.145. The van der Waals surface area contributed by atoms with E-state index in [2.05, 4.69) is 11.0 Å². The van der Waals surface area contributed by atoms with Gasteiger partial charge in [0.2, 0.25) is 11.8 Å². The molecule has 1 N–H and O–H groups in total. The first-order valence-electron chi connectivity index (χ1n) is 11.3. The zero-order chi connectivity index (χ0) is 20.7. The van der Waals surface area contributed by atoms with Crippen molar-refractivity contribution in [1.29, 1.82) is 0 Å². The van der Waals surface area contributed by atoms with Gasteiger partial charge in [-0.15, -0.1) is 0 Å². The van der Waals surface area contributed by atoms with Crippen LogP contribution in [0.15, 0.2) is 24.3 Å². The minimum Gasteiger partial charge on any atom is -0.492 e. The number of nitrogens with zero attached hydrogens (tertiary/aromatic N) is 3. The van der Waals surface area contributed by atoms with Gasteiger partial charge in [-0.05, 0) is 37.2 Å². The number of piperidine rings is 3. The van der Waals surface area contributed by atoms with Gasteiger partial charge >= 0.3 is 0 Å². The first-order chi connectivity index (χ1) is 14.6. The van der Waals surface area contributed by atoms with Crippen LogP contribution in [0, 0.1) is 11.8 Å². The van der Waals surface area contributed by atoms with E-state index in [4.69, 9.17) is 4.74 Å². The summed E-state index contributed by atoms with van der Waals surface area (Å²) in [6.45, 7) is 3.76. The van der Waals surface area contributed by atoms with Gasteiger partial charge in [0.15, 0.2) is 0 Å². The number of aliphatic hydroxyl groups excluding tert-OH is 1. The maximum atomic E-state index is 13.2. The summed E-state index contributed by atoms with van der Waals surface area (Å²) in [5.74, 6) is 1.74. The molecule has 30 heavy (non-hydrogen) atoms. The molecule has 1 aromatic rings. The molecule has 4 aliphatic rings. The van der Waals surface area contributed by atoms with Crippen LogP contribution >= 0.6 is 0 Å². The summed E-state index contributed by atoms with van der Waals surface area (Å²) in [5.41, 5.74) is 1.12. The fraction of sp³-hybridized carbons (Fsp3) is 0.652. The van der Waals surface area contributed by atoms with Crippen LogP contribution in [-0.4, -0.2) is 83.1 Å². The van der Waals surface area contributed by atoms with Gasteiger partial charge < -0.3 is 19.6 Å². The van der Waals surface area contributed by atoms with Crippen molar-refractivity contribution in [2.24, 2.45) is 11.8 Å². The average molecular weight is 414 g/mol. The Balaban J connectivity index is 1.28. The first kappa shape index (κ1) is 19.8. The lowest BCUT2D eigenvalue weighted by Crippen LogP contribution is -2.66. The van der Waals surface area contributed by atoms with Crippen LogP contribution in [0.4, 0.5) is 0 Å². The third-order valence-corrected chi connectivity index (χ3v) is 7.43. The highest BCUT2D eigenvalue weighted by Crippen LogP contribution is 2.41. The van der Waals surface area contributed by atoms with Crippen molar-refractivity contribution in [3.8, 4) is 5.75 Å². The van der Waals surface area contributed by atoms with Gasteiger partial charge in [-0.25, -0.2) is 0 Å². The second-order valence-corrected chi connectivity index (χ2v) is 9.23. The van der Waals surface area contributed by atoms with Crippen molar-refractivity contribution in [2.75, 3.05) is 39.4 Å². The molecule has 3 saturated heterocycles. The molecular formula is C23H31N3O4. The van der Waals surface area contributed by atoms with Crippen LogP contribution in [-0.2, 0) is 16.1 Å². The molecule has 4 aliphatic heterocycles. The molecule has 2 amide bonds. The normalized spacial score (nSPS) is 31.4. The Kier molecular flexibility index (Phi) is 5.41. The number of hydrogen-bond donors (Lipinski definition) is 1. The monoisotopic (exact) mass is 413 g/mol. The van der Waals surface area contributed by atoms with Crippen LogP contribution in [0.1, 0.15) is 31.2 Å². The van der Waals surface area contributed by atoms with E-state index in [1.165, 1.54) is 0 Å². The van der Waals surface area contributed by atoms with Crippen LogP contribution in [0.25, 0.3) is 0 Å². The van der Waals surface area contributed by atoms with Crippen molar-refractivity contribution < 1.29 is 19.4 Å². The Labute approximate surface area is 177 Å². The predicted octanol–water partition coefficient (Wildman–Crippen LogP) is 1.10. The summed E-state index contributed by atoms with van der Waals surface area (Å²) < 4.78 is 5.83. The number of fused-ring (bicyclic) bond motifs is 5. The summed E-state index contributed by atoms with van der Waals surface area (Å²) in [5, 5.41) is 10.1. The molecule has 0 spiro atoms. The van der Waals surface area contributed by atoms with Gasteiger partial charge in [-0.2, -0.15) is 0 Å². The molecule has 1 aromatic carbocycles. The highest BCUT2D eigenvalue weighted by atomic mass is 16.5. The maximum Gasteiger partial charge on any atom is 0.236 e. The summed E-state index contributed by atoms with van der Waals surface area (Å²) >= 11 is 0. The lowest BCUT2D eigenvalue weighted by Gasteiger charge is -2.56. The summed E-state index contributed by atoms with van der Waals surface area (Å²) in [6, 6.07) is 8.05. The molecule has 162 valence electrons. The zero-order valence-electron chi connectivity index (χ0n) is 17.4. The van der Waals surface area contributed by atoms with Crippen molar-refractivity contribution in [3.63, 3.8) is 0 Å². The van der Waals surface area contributed by atoms with E-state index in [1.54, 1.807) is 0 Å². The molecule has 0 saturated carbocycles. The molecule has 0 radical (unpaired) electrons. The number of hydrogen-bond acceptors (Lipinski definition) is 5. The molecule has 4 heterocycles. The van der Waals surface area contributed by atoms with E-state index < -0.39 is 0 Å². The number of para-hydroxylation sites is 1. The highest BCUT2D eigenvalue weighted by Gasteiger charge is 2.49. The Morgan fingerprint density at radius 2 is 2.03 bits per heavy atom. The number of ether oxygens (including phenoxy) is 1. The Morgan fingerprint density at radius 3 is 2.90 bits per heavy atom. The van der Waals surface area contributed by atoms with Crippen molar-refractivity contribution in [3.05, 3.63) is 29.8 Å². The van der Waals surface area contributed by atoms with Crippen LogP contribution < -0.4 is 4.74 Å². The third-order valence-electron chi connectivity index (χ3n) is 7.43. The zero-order valence-corrected chi connectivity index (χ0v) is 17.4. The molecule has 0 aromatic heterocycles. The Hall–Kier alpha value is -2.12. The number of benzene rings is 1. The summed E-state index contributed by atoms with van der Waals surface area (Å²) in [6.07, 6.45) is 3.50. The number of likely N-dealkylation sites (tertiary alicyclic amines) is 1. The molecule has 4 atom stereocenters. The smallest absolute Gasteiger partial charge is 0.236 e. The molecule has 3 fully saturated rings. The predicted molar refractivity (Wildman–Crippen MR) is 111 cm³/mol. The van der Waals surface area contributed by atoms with E-state index in [0.717, 1.165) is 43.7 Å². The van der Waals surface area contributed by atoms with Gasteiger partial charge in [0.1, 0.15) is 12.4 Å². The number of carbonyl (C=O) groups is 2. The van der Waals surface area contributed by atoms with E-state index in [0.29, 0.717) is 38.6 Å². The standard InChI is InChI=1S/C23H31N3O4/c27-15-20-18-10-17(19-5-3-7-22(28)26(19)20)12-25(13-18)23(29)14-24-8-9-30-21-6-2-1-4-16(21)11-24/h1-2,4,6,17-20,27H,3,5,7-15H2/t17-,18+,19+,20+/m1/s1. The SMILES string of the molecule is O=C(CN1CCOc2ccccc2C1)N1C[C@H]2C[C@@H](C1)[C@H](CO)N1C(=O)CCC[C@@H]21. The van der Waals surface area contributed by atoms with Gasteiger partial charge in [-0.3, -0.25) is 14.5 Å². The van der Waals surface area contributed by atoms with Crippen LogP contribution in [0.2, 0.25) is 0 Å². The fourth-order valence-corrected chi connectivity index (χ4v) is 6.02. The molecule has 2 bridgehead atoms. The Morgan fingerprint density at radius 1 is 1.20 bits per heavy atom. The first-order valence-corrected chi connectivity index (χ1v) is 11.3. The van der Waals surface area contributed by atoms with E-state index >= 15 is 0 Å². The molecule has 0 unspecified atom stereocenters. The highest BCUT2D eigenvalue weighted by molar-refractivity contribution is 5.79. The molecule has 7 nitrogen and oxygen atoms in total. The van der Waals surface area contributed by atoms with Crippen molar-refractivity contribution in [1.82, 2.24) is 14.7 Å². The van der Waals surface area contributed by atoms with Gasteiger partial charge in [0.25, 0.3) is 0 Å². The topological polar surface area (TPSA) is 73.3 Å². The molecule has 0 aliphatic carbocycles. The molecule has 5 rings (SSSR count). The second-order valence-electron chi connectivity index (χ2n) is 9.23. The van der Waals surface area contributed by atoms with E-state index in [-0.39, 0.29) is 36.4 Å². The molecule has 7 heteroatoms. The molecular weight excluding hydrogens is 382 g/mol. The summed E-state index contributed by atoms with van der Waals surface area (Å²) in [4.78, 5) is 31.9. The average Bonchev–Trinajstić information content (AvgIpc) is 2.96. The largest absolute Gasteiger partial charge is 0.492 e. The lowest BCUT2D eigenvalue weighted by molar-refractivity contribution is -0.159.